The number of H-pyrrole nitrogens is 1. The monoisotopic (exact) mass is 513 g/mol. The zero-order valence-corrected chi connectivity index (χ0v) is 19.4. The summed E-state index contributed by atoms with van der Waals surface area (Å²) in [5.74, 6) is -2.37. The molecule has 6 heterocycles. The highest BCUT2D eigenvalue weighted by atomic mass is 19.4. The summed E-state index contributed by atoms with van der Waals surface area (Å²) in [6, 6.07) is 4.27. The van der Waals surface area contributed by atoms with Gasteiger partial charge in [-0.25, -0.2) is 19.3 Å². The van der Waals surface area contributed by atoms with Gasteiger partial charge in [0.15, 0.2) is 11.5 Å². The van der Waals surface area contributed by atoms with Gasteiger partial charge in [-0.1, -0.05) is 0 Å². The van der Waals surface area contributed by atoms with Gasteiger partial charge in [0, 0.05) is 61.8 Å². The van der Waals surface area contributed by atoms with Crippen molar-refractivity contribution in [2.75, 3.05) is 26.2 Å². The molecule has 0 aliphatic carbocycles. The summed E-state index contributed by atoms with van der Waals surface area (Å²) in [7, 11) is 0. The van der Waals surface area contributed by atoms with Gasteiger partial charge in [0.1, 0.15) is 18.0 Å². The molecule has 9 nitrogen and oxygen atoms in total. The Labute approximate surface area is 208 Å². The fraction of sp³-hybridized carbons (Fsp3) is 0.333. The molecule has 0 saturated carbocycles. The molecule has 0 unspecified atom stereocenters. The number of pyridine rings is 1. The molecule has 13 heteroatoms. The molecule has 191 valence electrons. The Bertz CT molecular complexity index is 1450. The Balaban J connectivity index is 1.05. The maximum atomic E-state index is 14.4. The molecule has 0 spiro atoms. The molecule has 2 aliphatic rings. The highest BCUT2D eigenvalue weighted by Crippen LogP contribution is 2.32. The molecule has 0 bridgehead atoms. The van der Waals surface area contributed by atoms with Crippen molar-refractivity contribution in [1.82, 2.24) is 39.5 Å². The highest BCUT2D eigenvalue weighted by Gasteiger charge is 2.40. The lowest BCUT2D eigenvalue weighted by atomic mass is 9.97. The van der Waals surface area contributed by atoms with Crippen molar-refractivity contribution in [1.29, 1.82) is 0 Å². The molecule has 0 aromatic carbocycles. The van der Waals surface area contributed by atoms with Crippen LogP contribution in [0.4, 0.5) is 17.6 Å². The number of hydrogen-bond acceptors (Lipinski definition) is 6. The van der Waals surface area contributed by atoms with E-state index in [2.05, 4.69) is 29.9 Å². The average molecular weight is 513 g/mol. The number of hydrogen-bond donors (Lipinski definition) is 1. The average Bonchev–Trinajstić information content (AvgIpc) is 3.52. The van der Waals surface area contributed by atoms with E-state index in [1.807, 2.05) is 23.1 Å². The van der Waals surface area contributed by atoms with Crippen molar-refractivity contribution in [2.24, 2.45) is 0 Å². The number of piperidine rings is 1. The second kappa shape index (κ2) is 8.91. The lowest BCUT2D eigenvalue weighted by Crippen LogP contribution is -2.56. The predicted molar refractivity (Wildman–Crippen MR) is 123 cm³/mol. The van der Waals surface area contributed by atoms with E-state index >= 15 is 0 Å². The number of carbonyl (C=O) groups excluding carboxylic acids is 1. The van der Waals surface area contributed by atoms with Crippen LogP contribution in [0.1, 0.15) is 28.9 Å². The van der Waals surface area contributed by atoms with E-state index in [0.29, 0.717) is 25.9 Å². The molecule has 2 saturated heterocycles. The summed E-state index contributed by atoms with van der Waals surface area (Å²) in [4.78, 5) is 31.2. The van der Waals surface area contributed by atoms with E-state index in [0.717, 1.165) is 53.7 Å². The quantitative estimate of drug-likeness (QED) is 0.421. The highest BCUT2D eigenvalue weighted by molar-refractivity contribution is 5.94. The molecule has 1 N–H and O–H groups in total. The van der Waals surface area contributed by atoms with Crippen LogP contribution in [0, 0.1) is 11.9 Å². The molecule has 2 aliphatic heterocycles. The van der Waals surface area contributed by atoms with Crippen molar-refractivity contribution in [3.63, 3.8) is 0 Å². The van der Waals surface area contributed by atoms with Gasteiger partial charge in [0.2, 0.25) is 0 Å². The number of nitrogens with zero attached hydrogens (tertiary/aromatic N) is 7. The molecule has 4 aromatic rings. The predicted octanol–water partition coefficient (Wildman–Crippen LogP) is 3.37. The van der Waals surface area contributed by atoms with Crippen LogP contribution >= 0.6 is 0 Å². The minimum Gasteiger partial charge on any atom is -0.346 e. The van der Waals surface area contributed by atoms with Gasteiger partial charge in [-0.3, -0.25) is 14.4 Å². The van der Waals surface area contributed by atoms with Gasteiger partial charge in [-0.05, 0) is 25.0 Å². The SMILES string of the molecule is O=C(c1ccnc(C(F)(F)F)c1F)N1CCC(N2C[C](n3cc(-c4ncnc5[nH]ccc45)cn3)C2)CC1. The first-order chi connectivity index (χ1) is 17.8. The van der Waals surface area contributed by atoms with Gasteiger partial charge < -0.3 is 9.88 Å². The summed E-state index contributed by atoms with van der Waals surface area (Å²) >= 11 is 0. The molecule has 0 atom stereocenters. The lowest BCUT2D eigenvalue weighted by molar-refractivity contribution is -0.143. The summed E-state index contributed by atoms with van der Waals surface area (Å²) < 4.78 is 55.1. The van der Waals surface area contributed by atoms with E-state index in [1.165, 1.54) is 11.2 Å². The minimum absolute atomic E-state index is 0.220. The maximum absolute atomic E-state index is 14.4. The third-order valence-corrected chi connectivity index (χ3v) is 6.96. The number of carbonyl (C=O) groups is 1. The molecule has 1 amide bonds. The second-order valence-electron chi connectivity index (χ2n) is 9.15. The van der Waals surface area contributed by atoms with Crippen LogP contribution in [0.15, 0.2) is 43.2 Å². The van der Waals surface area contributed by atoms with Crippen LogP contribution in [0.3, 0.4) is 0 Å². The normalized spacial score (nSPS) is 17.9. The van der Waals surface area contributed by atoms with E-state index in [1.54, 1.807) is 6.20 Å². The van der Waals surface area contributed by atoms with E-state index < -0.39 is 29.2 Å². The zero-order valence-electron chi connectivity index (χ0n) is 19.4. The standard InChI is InChI=1S/C24H21F4N8O/c25-19-17(1-5-29-21(19)24(26,27)28)23(37)34-7-3-15(4-8-34)35-11-16(12-35)36-10-14(9-33-36)20-18-2-6-30-22(18)32-13-31-20/h1-2,5-6,9-10,13,15H,3-4,7-8,11-12H2,(H,30,31,32). The van der Waals surface area contributed by atoms with Gasteiger partial charge in [0.05, 0.1) is 17.5 Å². The minimum atomic E-state index is -4.96. The number of rotatable bonds is 4. The van der Waals surface area contributed by atoms with Crippen molar-refractivity contribution in [2.45, 2.75) is 25.1 Å². The largest absolute Gasteiger partial charge is 0.436 e. The maximum Gasteiger partial charge on any atom is 0.436 e. The van der Waals surface area contributed by atoms with Crippen LogP contribution in [0.5, 0.6) is 0 Å². The van der Waals surface area contributed by atoms with Crippen LogP contribution in [-0.4, -0.2) is 77.6 Å². The number of alkyl halides is 3. The number of likely N-dealkylation sites (tertiary alicyclic amines) is 2. The number of aromatic amines is 1. The summed E-state index contributed by atoms with van der Waals surface area (Å²) in [6.07, 6.45) is 4.20. The van der Waals surface area contributed by atoms with Crippen molar-refractivity contribution >= 4 is 16.9 Å². The number of nitrogens with one attached hydrogen (secondary N) is 1. The van der Waals surface area contributed by atoms with Crippen LogP contribution in [0.2, 0.25) is 0 Å². The van der Waals surface area contributed by atoms with E-state index in [9.17, 15) is 22.4 Å². The number of halogens is 4. The summed E-state index contributed by atoms with van der Waals surface area (Å²) in [5, 5.41) is 5.42. The van der Waals surface area contributed by atoms with Crippen molar-refractivity contribution in [3.05, 3.63) is 66.4 Å². The van der Waals surface area contributed by atoms with Gasteiger partial charge >= 0.3 is 6.18 Å². The van der Waals surface area contributed by atoms with Gasteiger partial charge in [0.25, 0.3) is 5.91 Å². The van der Waals surface area contributed by atoms with Gasteiger partial charge in [-0.15, -0.1) is 0 Å². The van der Waals surface area contributed by atoms with Crippen LogP contribution in [0.25, 0.3) is 22.3 Å². The fourth-order valence-electron chi connectivity index (χ4n) is 4.96. The second-order valence-corrected chi connectivity index (χ2v) is 9.15. The smallest absolute Gasteiger partial charge is 0.346 e. The number of aromatic nitrogens is 6. The zero-order chi connectivity index (χ0) is 25.7. The summed E-state index contributed by atoms with van der Waals surface area (Å²) in [6.45, 7) is 2.11. The van der Waals surface area contributed by atoms with Gasteiger partial charge in [-0.2, -0.15) is 18.3 Å². The van der Waals surface area contributed by atoms with Crippen molar-refractivity contribution in [3.8, 4) is 11.3 Å². The first kappa shape index (κ1) is 23.5. The van der Waals surface area contributed by atoms with Crippen LogP contribution in [-0.2, 0) is 6.18 Å². The number of amides is 1. The molecule has 1 radical (unpaired) electrons. The molecular formula is C24H21F4N8O. The van der Waals surface area contributed by atoms with E-state index in [-0.39, 0.29) is 6.04 Å². The van der Waals surface area contributed by atoms with E-state index in [4.69, 9.17) is 0 Å². The molecule has 37 heavy (non-hydrogen) atoms. The lowest BCUT2D eigenvalue weighted by Gasteiger charge is -2.46. The Morgan fingerprint density at radius 1 is 1.08 bits per heavy atom. The first-order valence-electron chi connectivity index (χ1n) is 11.7. The Kier molecular flexibility index (Phi) is 5.66. The first-order valence-corrected chi connectivity index (χ1v) is 11.7. The van der Waals surface area contributed by atoms with Crippen molar-refractivity contribution < 1.29 is 22.4 Å². The third-order valence-electron chi connectivity index (χ3n) is 6.96. The molecule has 4 aromatic heterocycles. The van der Waals surface area contributed by atoms with Crippen LogP contribution < -0.4 is 0 Å². The summed E-state index contributed by atoms with van der Waals surface area (Å²) in [5.41, 5.74) is 0.185. The topological polar surface area (TPSA) is 95.8 Å². The molecule has 2 fully saturated rings. The Morgan fingerprint density at radius 3 is 2.62 bits per heavy atom. The Morgan fingerprint density at radius 2 is 1.86 bits per heavy atom. The fourth-order valence-corrected chi connectivity index (χ4v) is 4.96. The molecular weight excluding hydrogens is 492 g/mol. The third kappa shape index (κ3) is 4.22. The number of fused-ring (bicyclic) bond motifs is 1. The molecule has 6 rings (SSSR count). The Hall–Kier alpha value is -3.87.